The summed E-state index contributed by atoms with van der Waals surface area (Å²) in [5.74, 6) is -0.979. The number of carbonyl (C=O) groups is 2. The Kier molecular flexibility index (Phi) is 6.86. The molecule has 2 amide bonds. The second-order valence-corrected chi connectivity index (χ2v) is 4.92. The number of carbonyl (C=O) groups excluding carboxylic acids is 2. The van der Waals surface area contributed by atoms with E-state index in [9.17, 15) is 19.8 Å². The van der Waals surface area contributed by atoms with Gasteiger partial charge in [-0.1, -0.05) is 6.42 Å². The number of piperidine rings is 1. The van der Waals surface area contributed by atoms with Gasteiger partial charge in [-0.25, -0.2) is 0 Å². The molecule has 1 fully saturated rings. The standard InChI is InChI=1S/C12H23N3O5/c13-5-3-1-2-4-8(17)15-9-11(19)10(18)7(6-16)14-12(9)20/h7,9-11,16,18-19H,1-6,13H2,(H,14,20)(H,15,17)/t7-,9-,10-,11-/m1/s1. The minimum atomic E-state index is -1.44. The lowest BCUT2D eigenvalue weighted by molar-refractivity contribution is -0.143. The van der Waals surface area contributed by atoms with E-state index in [-0.39, 0.29) is 12.3 Å². The third kappa shape index (κ3) is 4.41. The SMILES string of the molecule is NCCCCCC(=O)N[C@H]1C(=O)N[C@H](CO)[C@@H](O)[C@@H]1O. The van der Waals surface area contributed by atoms with Gasteiger partial charge in [0.1, 0.15) is 18.2 Å². The third-order valence-corrected chi connectivity index (χ3v) is 3.33. The van der Waals surface area contributed by atoms with Crippen molar-refractivity contribution in [2.24, 2.45) is 5.73 Å². The number of aliphatic hydroxyl groups excluding tert-OH is 3. The number of rotatable bonds is 7. The van der Waals surface area contributed by atoms with Gasteiger partial charge in [0.05, 0.1) is 12.6 Å². The molecule has 0 aromatic heterocycles. The van der Waals surface area contributed by atoms with Crippen molar-refractivity contribution >= 4 is 11.8 Å². The van der Waals surface area contributed by atoms with E-state index < -0.39 is 36.8 Å². The molecule has 1 aliphatic rings. The minimum Gasteiger partial charge on any atom is -0.394 e. The van der Waals surface area contributed by atoms with Crippen LogP contribution in [0.2, 0.25) is 0 Å². The molecular weight excluding hydrogens is 266 g/mol. The van der Waals surface area contributed by atoms with Crippen molar-refractivity contribution in [3.05, 3.63) is 0 Å². The summed E-state index contributed by atoms with van der Waals surface area (Å²) in [6, 6.07) is -2.12. The topological polar surface area (TPSA) is 145 Å². The second kappa shape index (κ2) is 8.15. The lowest BCUT2D eigenvalue weighted by Crippen LogP contribution is -2.68. The summed E-state index contributed by atoms with van der Waals surface area (Å²) in [4.78, 5) is 23.4. The van der Waals surface area contributed by atoms with Crippen LogP contribution in [0.3, 0.4) is 0 Å². The number of nitrogens with one attached hydrogen (secondary N) is 2. The fourth-order valence-electron chi connectivity index (χ4n) is 2.11. The molecule has 1 aliphatic heterocycles. The fraction of sp³-hybridized carbons (Fsp3) is 0.833. The van der Waals surface area contributed by atoms with E-state index in [4.69, 9.17) is 10.8 Å². The van der Waals surface area contributed by atoms with Gasteiger partial charge in [-0.15, -0.1) is 0 Å². The maximum atomic E-state index is 11.7. The molecule has 0 saturated carbocycles. The zero-order valence-electron chi connectivity index (χ0n) is 11.3. The highest BCUT2D eigenvalue weighted by Crippen LogP contribution is 2.12. The van der Waals surface area contributed by atoms with Crippen LogP contribution in [-0.4, -0.2) is 64.6 Å². The molecule has 0 aliphatic carbocycles. The van der Waals surface area contributed by atoms with Gasteiger partial charge in [0.15, 0.2) is 0 Å². The van der Waals surface area contributed by atoms with Gasteiger partial charge in [0.25, 0.3) is 0 Å². The van der Waals surface area contributed by atoms with E-state index in [1.807, 2.05) is 0 Å². The van der Waals surface area contributed by atoms with E-state index in [0.29, 0.717) is 13.0 Å². The van der Waals surface area contributed by atoms with E-state index in [1.54, 1.807) is 0 Å². The smallest absolute Gasteiger partial charge is 0.245 e. The molecule has 0 spiro atoms. The van der Waals surface area contributed by atoms with Crippen LogP contribution in [-0.2, 0) is 9.59 Å². The van der Waals surface area contributed by atoms with Crippen LogP contribution in [0.4, 0.5) is 0 Å². The predicted molar refractivity (Wildman–Crippen MR) is 70.5 cm³/mol. The van der Waals surface area contributed by atoms with Gasteiger partial charge < -0.3 is 31.7 Å². The van der Waals surface area contributed by atoms with Gasteiger partial charge >= 0.3 is 0 Å². The fourth-order valence-corrected chi connectivity index (χ4v) is 2.11. The maximum absolute atomic E-state index is 11.7. The molecule has 0 bridgehead atoms. The molecule has 1 heterocycles. The summed E-state index contributed by atoms with van der Waals surface area (Å²) in [6.07, 6.45) is -0.227. The van der Waals surface area contributed by atoms with E-state index in [2.05, 4.69) is 10.6 Å². The van der Waals surface area contributed by atoms with Crippen LogP contribution in [0.5, 0.6) is 0 Å². The number of hydrogen-bond acceptors (Lipinski definition) is 6. The highest BCUT2D eigenvalue weighted by atomic mass is 16.3. The van der Waals surface area contributed by atoms with Crippen LogP contribution >= 0.6 is 0 Å². The molecule has 0 unspecified atom stereocenters. The molecule has 0 aromatic carbocycles. The summed E-state index contributed by atoms with van der Waals surface area (Å²) in [5, 5.41) is 33.2. The Morgan fingerprint density at radius 3 is 2.55 bits per heavy atom. The molecule has 1 saturated heterocycles. The predicted octanol–water partition coefficient (Wildman–Crippen LogP) is -2.80. The monoisotopic (exact) mass is 289 g/mol. The second-order valence-electron chi connectivity index (χ2n) is 4.92. The molecular formula is C12H23N3O5. The Bertz CT molecular complexity index is 339. The summed E-state index contributed by atoms with van der Waals surface area (Å²) in [6.45, 7) is 0.0871. The molecule has 4 atom stereocenters. The molecule has 8 heteroatoms. The summed E-state index contributed by atoms with van der Waals surface area (Å²) < 4.78 is 0. The molecule has 7 N–H and O–H groups in total. The van der Waals surface area contributed by atoms with E-state index >= 15 is 0 Å². The van der Waals surface area contributed by atoms with Crippen molar-refractivity contribution in [2.75, 3.05) is 13.2 Å². The van der Waals surface area contributed by atoms with Crippen molar-refractivity contribution in [3.8, 4) is 0 Å². The molecule has 0 radical (unpaired) electrons. The summed E-state index contributed by atoms with van der Waals surface area (Å²) in [5.41, 5.74) is 5.34. The molecule has 0 aromatic rings. The number of nitrogens with two attached hydrogens (primary N) is 1. The van der Waals surface area contributed by atoms with Crippen molar-refractivity contribution in [1.82, 2.24) is 10.6 Å². The normalized spacial score (nSPS) is 29.9. The van der Waals surface area contributed by atoms with Gasteiger partial charge in [0, 0.05) is 6.42 Å². The Morgan fingerprint density at radius 1 is 1.25 bits per heavy atom. The highest BCUT2D eigenvalue weighted by molar-refractivity contribution is 5.89. The van der Waals surface area contributed by atoms with E-state index in [1.165, 1.54) is 0 Å². The Labute approximate surface area is 117 Å². The number of amides is 2. The highest BCUT2D eigenvalue weighted by Gasteiger charge is 2.42. The first-order valence-electron chi connectivity index (χ1n) is 6.78. The van der Waals surface area contributed by atoms with Crippen LogP contribution < -0.4 is 16.4 Å². The Hall–Kier alpha value is -1.22. The zero-order chi connectivity index (χ0) is 15.1. The van der Waals surface area contributed by atoms with Crippen LogP contribution in [0.15, 0.2) is 0 Å². The van der Waals surface area contributed by atoms with Crippen LogP contribution in [0.1, 0.15) is 25.7 Å². The number of unbranched alkanes of at least 4 members (excludes halogenated alkanes) is 2. The van der Waals surface area contributed by atoms with Gasteiger partial charge in [0.2, 0.25) is 11.8 Å². The minimum absolute atomic E-state index is 0.232. The van der Waals surface area contributed by atoms with Crippen LogP contribution in [0.25, 0.3) is 0 Å². The number of hydrogen-bond donors (Lipinski definition) is 6. The van der Waals surface area contributed by atoms with Crippen molar-refractivity contribution in [1.29, 1.82) is 0 Å². The molecule has 8 nitrogen and oxygen atoms in total. The summed E-state index contributed by atoms with van der Waals surface area (Å²) >= 11 is 0. The van der Waals surface area contributed by atoms with E-state index in [0.717, 1.165) is 12.8 Å². The number of aliphatic hydroxyl groups is 3. The van der Waals surface area contributed by atoms with Crippen molar-refractivity contribution < 1.29 is 24.9 Å². The van der Waals surface area contributed by atoms with Gasteiger partial charge in [-0.05, 0) is 19.4 Å². The summed E-state index contributed by atoms with van der Waals surface area (Å²) in [7, 11) is 0. The largest absolute Gasteiger partial charge is 0.394 e. The average molecular weight is 289 g/mol. The zero-order valence-corrected chi connectivity index (χ0v) is 11.3. The van der Waals surface area contributed by atoms with Crippen LogP contribution in [0, 0.1) is 0 Å². The molecule has 20 heavy (non-hydrogen) atoms. The molecule has 116 valence electrons. The first kappa shape index (κ1) is 16.8. The first-order valence-corrected chi connectivity index (χ1v) is 6.78. The van der Waals surface area contributed by atoms with Crippen molar-refractivity contribution in [3.63, 3.8) is 0 Å². The third-order valence-electron chi connectivity index (χ3n) is 3.33. The average Bonchev–Trinajstić information content (AvgIpc) is 2.43. The first-order chi connectivity index (χ1) is 9.51. The maximum Gasteiger partial charge on any atom is 0.245 e. The van der Waals surface area contributed by atoms with Gasteiger partial charge in [-0.3, -0.25) is 9.59 Å². The van der Waals surface area contributed by atoms with Crippen molar-refractivity contribution in [2.45, 2.75) is 50.0 Å². The molecule has 1 rings (SSSR count). The van der Waals surface area contributed by atoms with Gasteiger partial charge in [-0.2, -0.15) is 0 Å². The lowest BCUT2D eigenvalue weighted by Gasteiger charge is -2.37. The lowest BCUT2D eigenvalue weighted by atomic mass is 9.93. The quantitative estimate of drug-likeness (QED) is 0.279. The Balaban J connectivity index is 2.45. The Morgan fingerprint density at radius 2 is 1.95 bits per heavy atom.